The van der Waals surface area contributed by atoms with E-state index in [0.717, 1.165) is 75.4 Å². The van der Waals surface area contributed by atoms with E-state index in [1.807, 2.05) is 26.8 Å². The summed E-state index contributed by atoms with van der Waals surface area (Å²) in [7, 11) is 0. The van der Waals surface area contributed by atoms with Crippen LogP contribution in [0.1, 0.15) is 92.9 Å². The Morgan fingerprint density at radius 3 is 2.33 bits per heavy atom. The van der Waals surface area contributed by atoms with Gasteiger partial charge in [0.1, 0.15) is 11.6 Å². The first-order valence-corrected chi connectivity index (χ1v) is 14.1. The van der Waals surface area contributed by atoms with Crippen molar-refractivity contribution in [1.29, 1.82) is 0 Å². The standard InChI is InChI=1S/C29H40N4O6/c1-29(2,3)39-24(35)12-7-5-4-6-8-15-31-16-18-32(19-17-31)21-11-9-10-20-25(21)28(38)33(27(20)37)22-13-14-23(34)30-26(22)36/h9-11,22H,4-8,12-19H2,1-3H3,(H,30,34,36). The molecule has 3 aliphatic heterocycles. The lowest BCUT2D eigenvalue weighted by Crippen LogP contribution is -2.54. The lowest BCUT2D eigenvalue weighted by molar-refractivity contribution is -0.155. The van der Waals surface area contributed by atoms with Crippen molar-refractivity contribution in [2.24, 2.45) is 0 Å². The molecule has 1 N–H and O–H groups in total. The van der Waals surface area contributed by atoms with Crippen LogP contribution in [0.2, 0.25) is 0 Å². The van der Waals surface area contributed by atoms with Crippen LogP contribution in [0.3, 0.4) is 0 Å². The van der Waals surface area contributed by atoms with Gasteiger partial charge in [0, 0.05) is 39.0 Å². The summed E-state index contributed by atoms with van der Waals surface area (Å²) in [5.41, 5.74) is 0.971. The number of benzene rings is 1. The summed E-state index contributed by atoms with van der Waals surface area (Å²) in [6.07, 6.45) is 5.92. The summed E-state index contributed by atoms with van der Waals surface area (Å²) in [6.45, 7) is 9.87. The van der Waals surface area contributed by atoms with Gasteiger partial charge in [-0.15, -0.1) is 0 Å². The summed E-state index contributed by atoms with van der Waals surface area (Å²) in [4.78, 5) is 67.8. The van der Waals surface area contributed by atoms with Gasteiger partial charge in [0.25, 0.3) is 11.8 Å². The number of ether oxygens (including phenoxy) is 1. The molecule has 39 heavy (non-hydrogen) atoms. The normalized spacial score (nSPS) is 20.3. The van der Waals surface area contributed by atoms with Crippen molar-refractivity contribution in [2.75, 3.05) is 37.6 Å². The van der Waals surface area contributed by atoms with Gasteiger partial charge in [0.05, 0.1) is 16.8 Å². The lowest BCUT2D eigenvalue weighted by Gasteiger charge is -2.36. The number of carbonyl (C=O) groups is 5. The third-order valence-electron chi connectivity index (χ3n) is 7.43. The molecule has 2 saturated heterocycles. The van der Waals surface area contributed by atoms with Gasteiger partial charge in [0.15, 0.2) is 0 Å². The predicted molar refractivity (Wildman–Crippen MR) is 145 cm³/mol. The highest BCUT2D eigenvalue weighted by molar-refractivity contribution is 6.25. The molecule has 4 amide bonds. The highest BCUT2D eigenvalue weighted by Gasteiger charge is 2.46. The molecule has 212 valence electrons. The zero-order valence-corrected chi connectivity index (χ0v) is 23.3. The first-order chi connectivity index (χ1) is 18.5. The fourth-order valence-electron chi connectivity index (χ4n) is 5.50. The Morgan fingerprint density at radius 2 is 1.64 bits per heavy atom. The van der Waals surface area contributed by atoms with Gasteiger partial charge in [0.2, 0.25) is 11.8 Å². The minimum absolute atomic E-state index is 0.102. The summed E-state index contributed by atoms with van der Waals surface area (Å²) in [5.74, 6) is -2.05. The number of fused-ring (bicyclic) bond motifs is 1. The first-order valence-electron chi connectivity index (χ1n) is 14.1. The number of nitrogens with one attached hydrogen (secondary N) is 1. The average Bonchev–Trinajstić information content (AvgIpc) is 3.13. The van der Waals surface area contributed by atoms with E-state index in [0.29, 0.717) is 17.5 Å². The molecule has 0 spiro atoms. The molecule has 0 aromatic heterocycles. The average molecular weight is 541 g/mol. The lowest BCUT2D eigenvalue weighted by atomic mass is 10.0. The molecule has 0 aliphatic carbocycles. The van der Waals surface area contributed by atoms with Crippen LogP contribution in [0.5, 0.6) is 0 Å². The molecular weight excluding hydrogens is 500 g/mol. The van der Waals surface area contributed by atoms with Crippen molar-refractivity contribution in [3.63, 3.8) is 0 Å². The number of esters is 1. The second-order valence-electron chi connectivity index (χ2n) is 11.6. The number of imide groups is 2. The van der Waals surface area contributed by atoms with Crippen LogP contribution in [0, 0.1) is 0 Å². The van der Waals surface area contributed by atoms with E-state index in [2.05, 4.69) is 15.1 Å². The molecule has 4 rings (SSSR count). The number of rotatable bonds is 10. The maximum absolute atomic E-state index is 13.4. The molecule has 0 bridgehead atoms. The van der Waals surface area contributed by atoms with Crippen molar-refractivity contribution >= 4 is 35.3 Å². The second-order valence-corrected chi connectivity index (χ2v) is 11.6. The van der Waals surface area contributed by atoms with Crippen molar-refractivity contribution in [3.05, 3.63) is 29.3 Å². The van der Waals surface area contributed by atoms with Crippen molar-refractivity contribution in [3.8, 4) is 0 Å². The van der Waals surface area contributed by atoms with Gasteiger partial charge < -0.3 is 9.64 Å². The number of nitrogens with zero attached hydrogens (tertiary/aromatic N) is 3. The third kappa shape index (κ3) is 7.03. The van der Waals surface area contributed by atoms with Gasteiger partial charge in [-0.1, -0.05) is 25.3 Å². The van der Waals surface area contributed by atoms with Crippen molar-refractivity contribution < 1.29 is 28.7 Å². The quantitative estimate of drug-likeness (QED) is 0.274. The molecule has 1 unspecified atom stereocenters. The number of hydrogen-bond acceptors (Lipinski definition) is 8. The molecule has 3 aliphatic rings. The molecule has 0 radical (unpaired) electrons. The molecule has 2 fully saturated rings. The predicted octanol–water partition coefficient (Wildman–Crippen LogP) is 2.89. The molecule has 0 saturated carbocycles. The Morgan fingerprint density at radius 1 is 0.949 bits per heavy atom. The van der Waals surface area contributed by atoms with Crippen LogP contribution < -0.4 is 10.2 Å². The number of unbranched alkanes of at least 4 members (excludes halogenated alkanes) is 4. The highest BCUT2D eigenvalue weighted by Crippen LogP contribution is 2.34. The Bertz CT molecular complexity index is 1120. The highest BCUT2D eigenvalue weighted by atomic mass is 16.6. The van der Waals surface area contributed by atoms with E-state index in [9.17, 15) is 24.0 Å². The molecular formula is C29H40N4O6. The smallest absolute Gasteiger partial charge is 0.306 e. The van der Waals surface area contributed by atoms with Gasteiger partial charge >= 0.3 is 5.97 Å². The van der Waals surface area contributed by atoms with Crippen molar-refractivity contribution in [2.45, 2.75) is 83.8 Å². The van der Waals surface area contributed by atoms with Gasteiger partial charge in [-0.25, -0.2) is 0 Å². The summed E-state index contributed by atoms with van der Waals surface area (Å²) in [6, 6.07) is 4.32. The Balaban J connectivity index is 1.22. The second kappa shape index (κ2) is 12.3. The van der Waals surface area contributed by atoms with E-state index in [1.54, 1.807) is 12.1 Å². The molecule has 10 nitrogen and oxygen atoms in total. The zero-order valence-electron chi connectivity index (χ0n) is 23.3. The van der Waals surface area contributed by atoms with E-state index >= 15 is 0 Å². The Labute approximate surface area is 230 Å². The maximum Gasteiger partial charge on any atom is 0.306 e. The minimum atomic E-state index is -0.961. The molecule has 1 atom stereocenters. The van der Waals surface area contributed by atoms with E-state index < -0.39 is 29.4 Å². The zero-order chi connectivity index (χ0) is 28.2. The van der Waals surface area contributed by atoms with Crippen LogP contribution in [0.4, 0.5) is 5.69 Å². The number of amides is 4. The summed E-state index contributed by atoms with van der Waals surface area (Å²) in [5, 5.41) is 2.24. The van der Waals surface area contributed by atoms with E-state index in [4.69, 9.17) is 4.74 Å². The number of piperazine rings is 1. The number of anilines is 1. The van der Waals surface area contributed by atoms with Crippen LogP contribution in [-0.2, 0) is 19.1 Å². The van der Waals surface area contributed by atoms with Crippen LogP contribution >= 0.6 is 0 Å². The SMILES string of the molecule is CC(C)(C)OC(=O)CCCCCCCN1CCN(c2cccc3c2C(=O)N(C2CCC(=O)NC2=O)C3=O)CC1. The van der Waals surface area contributed by atoms with Gasteiger partial charge in [-0.2, -0.15) is 0 Å². The minimum Gasteiger partial charge on any atom is -0.460 e. The maximum atomic E-state index is 13.4. The van der Waals surface area contributed by atoms with Crippen LogP contribution in [0.15, 0.2) is 18.2 Å². The van der Waals surface area contributed by atoms with E-state index in [1.165, 1.54) is 0 Å². The van der Waals surface area contributed by atoms with Crippen molar-refractivity contribution in [1.82, 2.24) is 15.1 Å². The number of piperidine rings is 1. The molecule has 1 aromatic carbocycles. The number of carbonyl (C=O) groups excluding carboxylic acids is 5. The fraction of sp³-hybridized carbons (Fsp3) is 0.621. The van der Waals surface area contributed by atoms with Crippen LogP contribution in [0.25, 0.3) is 0 Å². The van der Waals surface area contributed by atoms with Gasteiger partial charge in [-0.3, -0.25) is 39.1 Å². The first kappa shape index (κ1) is 28.7. The summed E-state index contributed by atoms with van der Waals surface area (Å²) >= 11 is 0. The fourth-order valence-corrected chi connectivity index (χ4v) is 5.50. The molecule has 1 aromatic rings. The monoisotopic (exact) mass is 540 g/mol. The number of hydrogen-bond donors (Lipinski definition) is 1. The Kier molecular flexibility index (Phi) is 9.04. The third-order valence-corrected chi connectivity index (χ3v) is 7.43. The van der Waals surface area contributed by atoms with Crippen LogP contribution in [-0.4, -0.2) is 83.8 Å². The Hall–Kier alpha value is -3.27. The van der Waals surface area contributed by atoms with Gasteiger partial charge in [-0.05, 0) is 58.7 Å². The topological polar surface area (TPSA) is 116 Å². The van der Waals surface area contributed by atoms with E-state index in [-0.39, 0.29) is 24.7 Å². The summed E-state index contributed by atoms with van der Waals surface area (Å²) < 4.78 is 5.35. The molecule has 3 heterocycles. The largest absolute Gasteiger partial charge is 0.460 e. The molecule has 10 heteroatoms.